The molecule has 13 heavy (non-hydrogen) atoms. The lowest BCUT2D eigenvalue weighted by atomic mass is 10.3. The summed E-state index contributed by atoms with van der Waals surface area (Å²) in [5, 5.41) is 8.07. The van der Waals surface area contributed by atoms with Crippen LogP contribution in [0.3, 0.4) is 0 Å². The molecule has 4 heteroatoms. The van der Waals surface area contributed by atoms with Crippen molar-refractivity contribution in [1.29, 1.82) is 0 Å². The molecule has 0 aliphatic rings. The Kier molecular flexibility index (Phi) is 5.95. The summed E-state index contributed by atoms with van der Waals surface area (Å²) in [5.41, 5.74) is 0. The molecule has 1 N–H and O–H groups in total. The van der Waals surface area contributed by atoms with Gasteiger partial charge in [-0.2, -0.15) is 0 Å². The van der Waals surface area contributed by atoms with Gasteiger partial charge in [0.1, 0.15) is 5.25 Å². The van der Waals surface area contributed by atoms with E-state index in [0.717, 1.165) is 12.8 Å². The third-order valence-electron chi connectivity index (χ3n) is 2.02. The lowest BCUT2D eigenvalue weighted by molar-refractivity contribution is -0.136. The van der Waals surface area contributed by atoms with E-state index in [4.69, 9.17) is 5.11 Å². The molecule has 0 heterocycles. The Labute approximate surface area is 82.0 Å². The average molecular weight is 206 g/mol. The zero-order chi connectivity index (χ0) is 10.4. The third kappa shape index (κ3) is 3.89. The van der Waals surface area contributed by atoms with Crippen LogP contribution in [0.2, 0.25) is 0 Å². The largest absolute Gasteiger partial charge is 0.480 e. The van der Waals surface area contributed by atoms with Crippen LogP contribution in [0.15, 0.2) is 0 Å². The molecule has 0 amide bonds. The fourth-order valence-corrected chi connectivity index (χ4v) is 2.80. The van der Waals surface area contributed by atoms with Gasteiger partial charge >= 0.3 is 5.97 Å². The fourth-order valence-electron chi connectivity index (χ4n) is 1.24. The summed E-state index contributed by atoms with van der Waals surface area (Å²) >= 11 is 0. The lowest BCUT2D eigenvalue weighted by Gasteiger charge is -2.15. The van der Waals surface area contributed by atoms with Crippen molar-refractivity contribution in [2.24, 2.45) is 0 Å². The van der Waals surface area contributed by atoms with E-state index in [1.807, 2.05) is 13.8 Å². The van der Waals surface area contributed by atoms with E-state index in [1.54, 1.807) is 6.92 Å². The highest BCUT2D eigenvalue weighted by Crippen LogP contribution is 2.12. The quantitative estimate of drug-likeness (QED) is 0.720. The molecule has 3 atom stereocenters. The zero-order valence-corrected chi connectivity index (χ0v) is 9.26. The molecule has 0 aliphatic heterocycles. The second-order valence-corrected chi connectivity index (χ2v) is 5.19. The van der Waals surface area contributed by atoms with E-state index in [0.29, 0.717) is 6.42 Å². The monoisotopic (exact) mass is 206 g/mol. The molecule has 0 fully saturated rings. The van der Waals surface area contributed by atoms with Crippen LogP contribution < -0.4 is 0 Å². The second kappa shape index (κ2) is 6.13. The van der Waals surface area contributed by atoms with Crippen LogP contribution in [-0.4, -0.2) is 25.8 Å². The van der Waals surface area contributed by atoms with Crippen molar-refractivity contribution in [2.45, 2.75) is 50.5 Å². The molecule has 0 aromatic carbocycles. The van der Waals surface area contributed by atoms with Gasteiger partial charge in [-0.15, -0.1) is 0 Å². The Hall–Kier alpha value is -0.380. The molecule has 78 valence electrons. The summed E-state index contributed by atoms with van der Waals surface area (Å²) in [6, 6.07) is 0. The van der Waals surface area contributed by atoms with E-state index >= 15 is 0 Å². The van der Waals surface area contributed by atoms with E-state index in [-0.39, 0.29) is 5.25 Å². The van der Waals surface area contributed by atoms with Crippen molar-refractivity contribution in [3.05, 3.63) is 0 Å². The summed E-state index contributed by atoms with van der Waals surface area (Å²) in [7, 11) is -1.23. The standard InChI is InChI=1S/C9H18O3S/c1-4-6-7(3)13(12)8(5-2)9(10)11/h7-8H,4-6H2,1-3H3,(H,10,11). The number of carboxylic acid groups (broad SMARTS) is 1. The fraction of sp³-hybridized carbons (Fsp3) is 0.889. The average Bonchev–Trinajstić information content (AvgIpc) is 2.05. The minimum Gasteiger partial charge on any atom is -0.480 e. The van der Waals surface area contributed by atoms with Crippen molar-refractivity contribution in [1.82, 2.24) is 0 Å². The van der Waals surface area contributed by atoms with Gasteiger partial charge < -0.3 is 5.11 Å². The number of carbonyl (C=O) groups is 1. The number of aliphatic carboxylic acids is 1. The first-order valence-corrected chi connectivity index (χ1v) is 5.94. The molecule has 0 saturated heterocycles. The molecule has 0 aromatic rings. The first kappa shape index (κ1) is 12.6. The summed E-state index contributed by atoms with van der Waals surface area (Å²) in [4.78, 5) is 10.7. The van der Waals surface area contributed by atoms with Gasteiger partial charge in [-0.25, -0.2) is 0 Å². The smallest absolute Gasteiger partial charge is 0.319 e. The van der Waals surface area contributed by atoms with Crippen LogP contribution in [0, 0.1) is 0 Å². The van der Waals surface area contributed by atoms with E-state index in [9.17, 15) is 9.00 Å². The lowest BCUT2D eigenvalue weighted by Crippen LogP contribution is -2.30. The Balaban J connectivity index is 4.28. The molecule has 3 unspecified atom stereocenters. The molecular weight excluding hydrogens is 188 g/mol. The summed E-state index contributed by atoms with van der Waals surface area (Å²) in [5.74, 6) is -0.941. The number of hydrogen-bond donors (Lipinski definition) is 1. The van der Waals surface area contributed by atoms with Crippen LogP contribution in [0.25, 0.3) is 0 Å². The molecule has 0 saturated carbocycles. The first-order valence-electron chi connectivity index (χ1n) is 4.66. The third-order valence-corrected chi connectivity index (χ3v) is 4.14. The predicted molar refractivity (Wildman–Crippen MR) is 54.2 cm³/mol. The molecule has 3 nitrogen and oxygen atoms in total. The van der Waals surface area contributed by atoms with Crippen molar-refractivity contribution in [3.63, 3.8) is 0 Å². The van der Waals surface area contributed by atoms with Crippen LogP contribution in [0.4, 0.5) is 0 Å². The summed E-state index contributed by atoms with van der Waals surface area (Å²) in [6.45, 7) is 5.62. The van der Waals surface area contributed by atoms with Crippen LogP contribution in [0.5, 0.6) is 0 Å². The topological polar surface area (TPSA) is 54.4 Å². The molecular formula is C9H18O3S. The van der Waals surface area contributed by atoms with E-state index in [1.165, 1.54) is 0 Å². The molecule has 0 spiro atoms. The maximum Gasteiger partial charge on any atom is 0.319 e. The predicted octanol–water partition coefficient (Wildman–Crippen LogP) is 1.79. The van der Waals surface area contributed by atoms with Gasteiger partial charge in [0.05, 0.1) is 0 Å². The van der Waals surface area contributed by atoms with Gasteiger partial charge in [0, 0.05) is 16.0 Å². The van der Waals surface area contributed by atoms with Crippen LogP contribution in [0.1, 0.15) is 40.0 Å². The zero-order valence-electron chi connectivity index (χ0n) is 8.45. The van der Waals surface area contributed by atoms with Gasteiger partial charge in [0.25, 0.3) is 0 Å². The number of hydrogen-bond acceptors (Lipinski definition) is 2. The van der Waals surface area contributed by atoms with Crippen molar-refractivity contribution < 1.29 is 14.1 Å². The molecule has 0 aromatic heterocycles. The van der Waals surface area contributed by atoms with Crippen molar-refractivity contribution in [2.75, 3.05) is 0 Å². The minimum absolute atomic E-state index is 0.00829. The molecule has 0 radical (unpaired) electrons. The van der Waals surface area contributed by atoms with E-state index in [2.05, 4.69) is 0 Å². The van der Waals surface area contributed by atoms with Crippen LogP contribution >= 0.6 is 0 Å². The highest BCUT2D eigenvalue weighted by atomic mass is 32.2. The van der Waals surface area contributed by atoms with Gasteiger partial charge in [-0.05, 0) is 12.8 Å². The number of carboxylic acids is 1. The second-order valence-electron chi connectivity index (χ2n) is 3.16. The number of rotatable bonds is 6. The van der Waals surface area contributed by atoms with Crippen LogP contribution in [-0.2, 0) is 15.6 Å². The molecule has 0 bridgehead atoms. The Morgan fingerprint density at radius 3 is 2.31 bits per heavy atom. The van der Waals surface area contributed by atoms with Gasteiger partial charge in [-0.3, -0.25) is 9.00 Å². The van der Waals surface area contributed by atoms with E-state index < -0.39 is 22.0 Å². The summed E-state index contributed by atoms with van der Waals surface area (Å²) in [6.07, 6.45) is 2.22. The minimum atomic E-state index is -1.23. The van der Waals surface area contributed by atoms with Gasteiger partial charge in [-0.1, -0.05) is 27.2 Å². The van der Waals surface area contributed by atoms with Crippen molar-refractivity contribution in [3.8, 4) is 0 Å². The van der Waals surface area contributed by atoms with Crippen molar-refractivity contribution >= 4 is 16.8 Å². The Bertz CT molecular complexity index is 191. The normalized spacial score (nSPS) is 17.8. The Morgan fingerprint density at radius 2 is 2.00 bits per heavy atom. The Morgan fingerprint density at radius 1 is 1.46 bits per heavy atom. The first-order chi connectivity index (χ1) is 6.04. The molecule has 0 aliphatic carbocycles. The van der Waals surface area contributed by atoms with Gasteiger partial charge in [0.15, 0.2) is 0 Å². The summed E-state index contributed by atoms with van der Waals surface area (Å²) < 4.78 is 11.6. The SMILES string of the molecule is CCCC(C)S(=O)C(CC)C(=O)O. The maximum absolute atomic E-state index is 11.6. The molecule has 0 rings (SSSR count). The highest BCUT2D eigenvalue weighted by molar-refractivity contribution is 7.87. The van der Waals surface area contributed by atoms with Gasteiger partial charge in [0.2, 0.25) is 0 Å². The highest BCUT2D eigenvalue weighted by Gasteiger charge is 2.26. The maximum atomic E-state index is 11.6.